The smallest absolute Gasteiger partial charge is 0.216 e. The third kappa shape index (κ3) is 3.73. The van der Waals surface area contributed by atoms with Crippen LogP contribution in [0.1, 0.15) is 24.4 Å². The SMILES string of the molecule is CC(Oc1ccccc1)c1n[nH]c(=S)n1/N=C/c1ccccc1. The van der Waals surface area contributed by atoms with Crippen LogP contribution in [0.4, 0.5) is 0 Å². The second-order valence-electron chi connectivity index (χ2n) is 4.93. The fourth-order valence-electron chi connectivity index (χ4n) is 2.10. The standard InChI is InChI=1S/C17H16N4OS/c1-13(22-15-10-6-3-7-11-15)16-19-20-17(23)21(16)18-12-14-8-4-2-5-9-14/h2-13H,1H3,(H,20,23)/b18-12+. The molecule has 0 spiro atoms. The fourth-order valence-corrected chi connectivity index (χ4v) is 2.28. The van der Waals surface area contributed by atoms with Crippen LogP contribution in [0.3, 0.4) is 0 Å². The molecule has 1 N–H and O–H groups in total. The van der Waals surface area contributed by atoms with E-state index in [9.17, 15) is 0 Å². The molecular weight excluding hydrogens is 308 g/mol. The molecule has 0 amide bonds. The molecule has 23 heavy (non-hydrogen) atoms. The minimum atomic E-state index is -0.293. The van der Waals surface area contributed by atoms with Crippen molar-refractivity contribution in [1.82, 2.24) is 14.9 Å². The third-order valence-electron chi connectivity index (χ3n) is 3.22. The molecule has 0 bridgehead atoms. The first kappa shape index (κ1) is 15.2. The maximum atomic E-state index is 5.88. The summed E-state index contributed by atoms with van der Waals surface area (Å²) in [5, 5.41) is 11.4. The van der Waals surface area contributed by atoms with Gasteiger partial charge < -0.3 is 4.74 Å². The summed E-state index contributed by atoms with van der Waals surface area (Å²) in [4.78, 5) is 0. The Labute approximate surface area is 139 Å². The van der Waals surface area contributed by atoms with Crippen molar-refractivity contribution in [3.05, 3.63) is 76.8 Å². The lowest BCUT2D eigenvalue weighted by Crippen LogP contribution is -2.09. The first-order valence-corrected chi connectivity index (χ1v) is 7.63. The van der Waals surface area contributed by atoms with Crippen molar-refractivity contribution in [2.75, 3.05) is 0 Å². The summed E-state index contributed by atoms with van der Waals surface area (Å²) in [7, 11) is 0. The topological polar surface area (TPSA) is 55.2 Å². The number of aromatic nitrogens is 3. The van der Waals surface area contributed by atoms with Crippen molar-refractivity contribution in [3.8, 4) is 5.75 Å². The van der Waals surface area contributed by atoms with Crippen LogP contribution < -0.4 is 4.74 Å². The monoisotopic (exact) mass is 324 g/mol. The predicted octanol–water partition coefficient (Wildman–Crippen LogP) is 3.96. The highest BCUT2D eigenvalue weighted by Gasteiger charge is 2.15. The Balaban J connectivity index is 1.84. The fraction of sp³-hybridized carbons (Fsp3) is 0.118. The molecule has 0 aliphatic rings. The molecule has 1 aromatic heterocycles. The molecule has 116 valence electrons. The Bertz CT molecular complexity index is 840. The average molecular weight is 324 g/mol. The van der Waals surface area contributed by atoms with Crippen molar-refractivity contribution in [1.29, 1.82) is 0 Å². The van der Waals surface area contributed by atoms with Crippen molar-refractivity contribution in [2.24, 2.45) is 5.10 Å². The van der Waals surface area contributed by atoms with E-state index in [-0.39, 0.29) is 6.10 Å². The molecule has 6 heteroatoms. The van der Waals surface area contributed by atoms with Gasteiger partial charge >= 0.3 is 0 Å². The number of aromatic amines is 1. The molecule has 1 unspecified atom stereocenters. The van der Waals surface area contributed by atoms with E-state index in [0.717, 1.165) is 11.3 Å². The van der Waals surface area contributed by atoms with Gasteiger partial charge in [0, 0.05) is 0 Å². The molecule has 0 saturated carbocycles. The van der Waals surface area contributed by atoms with Gasteiger partial charge in [0.2, 0.25) is 4.77 Å². The second-order valence-corrected chi connectivity index (χ2v) is 5.31. The van der Waals surface area contributed by atoms with Crippen LogP contribution in [-0.4, -0.2) is 21.1 Å². The van der Waals surface area contributed by atoms with Gasteiger partial charge in [-0.15, -0.1) is 0 Å². The summed E-state index contributed by atoms with van der Waals surface area (Å²) in [6.07, 6.45) is 1.45. The lowest BCUT2D eigenvalue weighted by Gasteiger charge is -2.13. The van der Waals surface area contributed by atoms with Crippen molar-refractivity contribution >= 4 is 18.4 Å². The van der Waals surface area contributed by atoms with E-state index in [4.69, 9.17) is 17.0 Å². The lowest BCUT2D eigenvalue weighted by atomic mass is 10.2. The van der Waals surface area contributed by atoms with Gasteiger partial charge in [-0.1, -0.05) is 48.5 Å². The zero-order valence-electron chi connectivity index (χ0n) is 12.6. The molecule has 2 aromatic carbocycles. The molecular formula is C17H16N4OS. The number of ether oxygens (including phenoxy) is 1. The van der Waals surface area contributed by atoms with Crippen LogP contribution in [0, 0.1) is 4.77 Å². The zero-order chi connectivity index (χ0) is 16.1. The summed E-state index contributed by atoms with van der Waals surface area (Å²) in [5.41, 5.74) is 0.984. The number of nitrogens with zero attached hydrogens (tertiary/aromatic N) is 3. The van der Waals surface area contributed by atoms with E-state index in [2.05, 4.69) is 15.3 Å². The van der Waals surface area contributed by atoms with Crippen LogP contribution in [-0.2, 0) is 0 Å². The van der Waals surface area contributed by atoms with Gasteiger partial charge in [-0.25, -0.2) is 5.10 Å². The quantitative estimate of drug-likeness (QED) is 0.571. The number of hydrogen-bond acceptors (Lipinski definition) is 4. The maximum Gasteiger partial charge on any atom is 0.216 e. The van der Waals surface area contributed by atoms with Crippen molar-refractivity contribution in [3.63, 3.8) is 0 Å². The molecule has 0 fully saturated rings. The highest BCUT2D eigenvalue weighted by Crippen LogP contribution is 2.20. The largest absolute Gasteiger partial charge is 0.483 e. The van der Waals surface area contributed by atoms with E-state index in [0.29, 0.717) is 10.6 Å². The predicted molar refractivity (Wildman–Crippen MR) is 92.3 cm³/mol. The third-order valence-corrected chi connectivity index (χ3v) is 3.48. The molecule has 0 aliphatic heterocycles. The number of para-hydroxylation sites is 1. The summed E-state index contributed by atoms with van der Waals surface area (Å²) in [5.74, 6) is 1.39. The minimum absolute atomic E-state index is 0.293. The van der Waals surface area contributed by atoms with E-state index in [1.54, 1.807) is 10.9 Å². The molecule has 1 heterocycles. The van der Waals surface area contributed by atoms with Crippen molar-refractivity contribution < 1.29 is 4.74 Å². The summed E-state index contributed by atoms with van der Waals surface area (Å²) >= 11 is 5.25. The van der Waals surface area contributed by atoms with Gasteiger partial charge in [-0.3, -0.25) is 0 Å². The van der Waals surface area contributed by atoms with Crippen LogP contribution in [0.2, 0.25) is 0 Å². The zero-order valence-corrected chi connectivity index (χ0v) is 13.4. The molecule has 3 rings (SSSR count). The van der Waals surface area contributed by atoms with Crippen LogP contribution >= 0.6 is 12.2 Å². The molecule has 5 nitrogen and oxygen atoms in total. The normalized spacial score (nSPS) is 12.4. The van der Waals surface area contributed by atoms with E-state index >= 15 is 0 Å². The molecule has 0 aliphatic carbocycles. The Kier molecular flexibility index (Phi) is 4.63. The number of nitrogens with one attached hydrogen (secondary N) is 1. The molecule has 0 radical (unpaired) electrons. The van der Waals surface area contributed by atoms with Gasteiger partial charge in [0.1, 0.15) is 5.75 Å². The Morgan fingerprint density at radius 2 is 1.78 bits per heavy atom. The Hall–Kier alpha value is -2.73. The number of rotatable bonds is 5. The first-order chi connectivity index (χ1) is 11.2. The van der Waals surface area contributed by atoms with Gasteiger partial charge in [0.25, 0.3) is 0 Å². The van der Waals surface area contributed by atoms with Gasteiger partial charge in [0.15, 0.2) is 11.9 Å². The minimum Gasteiger partial charge on any atom is -0.483 e. The maximum absolute atomic E-state index is 5.88. The summed E-state index contributed by atoms with van der Waals surface area (Å²) < 4.78 is 7.89. The lowest BCUT2D eigenvalue weighted by molar-refractivity contribution is 0.212. The number of H-pyrrole nitrogens is 1. The summed E-state index contributed by atoms with van der Waals surface area (Å²) in [6.45, 7) is 1.91. The summed E-state index contributed by atoms with van der Waals surface area (Å²) in [6, 6.07) is 19.4. The van der Waals surface area contributed by atoms with E-state index < -0.39 is 0 Å². The molecule has 1 atom stereocenters. The Morgan fingerprint density at radius 3 is 2.48 bits per heavy atom. The second kappa shape index (κ2) is 7.02. The molecule has 3 aromatic rings. The van der Waals surface area contributed by atoms with E-state index in [1.807, 2.05) is 67.6 Å². The highest BCUT2D eigenvalue weighted by atomic mass is 32.1. The van der Waals surface area contributed by atoms with Crippen molar-refractivity contribution in [2.45, 2.75) is 13.0 Å². The first-order valence-electron chi connectivity index (χ1n) is 7.22. The Morgan fingerprint density at radius 1 is 1.13 bits per heavy atom. The van der Waals surface area contributed by atoms with E-state index in [1.165, 1.54) is 0 Å². The van der Waals surface area contributed by atoms with Crippen LogP contribution in [0.25, 0.3) is 0 Å². The number of benzene rings is 2. The molecule has 0 saturated heterocycles. The van der Waals surface area contributed by atoms with Gasteiger partial charge in [-0.05, 0) is 36.8 Å². The van der Waals surface area contributed by atoms with Gasteiger partial charge in [-0.2, -0.15) is 14.9 Å². The van der Waals surface area contributed by atoms with Crippen LogP contribution in [0.5, 0.6) is 5.75 Å². The number of hydrogen-bond donors (Lipinski definition) is 1. The average Bonchev–Trinajstić information content (AvgIpc) is 2.96. The highest BCUT2D eigenvalue weighted by molar-refractivity contribution is 7.71. The van der Waals surface area contributed by atoms with Crippen LogP contribution in [0.15, 0.2) is 65.8 Å². The van der Waals surface area contributed by atoms with Gasteiger partial charge in [0.05, 0.1) is 6.21 Å².